The Balaban J connectivity index is 2.07. The number of carbonyl (C=O) groups excluding carboxylic acids is 1. The molecule has 1 fully saturated rings. The van der Waals surface area contributed by atoms with Crippen molar-refractivity contribution in [2.45, 2.75) is 13.0 Å². The van der Waals surface area contributed by atoms with Gasteiger partial charge < -0.3 is 15.0 Å². The fraction of sp³-hybridized carbons (Fsp3) is 0.462. The number of amides is 2. The minimum atomic E-state index is -0.143. The van der Waals surface area contributed by atoms with E-state index in [1.165, 1.54) is 0 Å². The van der Waals surface area contributed by atoms with Gasteiger partial charge in [0.25, 0.3) is 0 Å². The van der Waals surface area contributed by atoms with Crippen LogP contribution in [0.4, 0.5) is 4.79 Å². The number of hydrogen-bond donors (Lipinski definition) is 1. The third kappa shape index (κ3) is 2.94. The molecule has 1 aliphatic heterocycles. The second-order valence-electron chi connectivity index (χ2n) is 4.16. The second-order valence-corrected chi connectivity index (χ2v) is 4.57. The van der Waals surface area contributed by atoms with Gasteiger partial charge in [-0.1, -0.05) is 29.8 Å². The van der Waals surface area contributed by atoms with Gasteiger partial charge in [0.15, 0.2) is 0 Å². The van der Waals surface area contributed by atoms with Crippen molar-refractivity contribution in [1.82, 2.24) is 10.2 Å². The van der Waals surface area contributed by atoms with Gasteiger partial charge in [-0.3, -0.25) is 0 Å². The molecule has 1 N–H and O–H groups in total. The number of halogens is 1. The van der Waals surface area contributed by atoms with Gasteiger partial charge in [-0.15, -0.1) is 0 Å². The first kappa shape index (κ1) is 13.2. The van der Waals surface area contributed by atoms with Gasteiger partial charge in [-0.25, -0.2) is 4.79 Å². The lowest BCUT2D eigenvalue weighted by Gasteiger charge is -2.33. The summed E-state index contributed by atoms with van der Waals surface area (Å²) in [7, 11) is 0. The van der Waals surface area contributed by atoms with Gasteiger partial charge in [-0.2, -0.15) is 0 Å². The molecule has 2 amide bonds. The smallest absolute Gasteiger partial charge is 0.317 e. The molecule has 0 bridgehead atoms. The lowest BCUT2D eigenvalue weighted by atomic mass is 10.1. The molecule has 98 valence electrons. The Kier molecular flexibility index (Phi) is 4.44. The van der Waals surface area contributed by atoms with E-state index in [1.807, 2.05) is 31.2 Å². The first-order valence-corrected chi connectivity index (χ1v) is 6.49. The fourth-order valence-electron chi connectivity index (χ4n) is 2.02. The van der Waals surface area contributed by atoms with Crippen LogP contribution in [-0.2, 0) is 4.74 Å². The van der Waals surface area contributed by atoms with Crippen LogP contribution in [0.1, 0.15) is 18.6 Å². The van der Waals surface area contributed by atoms with Crippen LogP contribution in [-0.4, -0.2) is 37.2 Å². The number of benzene rings is 1. The zero-order chi connectivity index (χ0) is 13.0. The minimum Gasteiger partial charge on any atom is -0.370 e. The summed E-state index contributed by atoms with van der Waals surface area (Å²) < 4.78 is 5.70. The predicted octanol–water partition coefficient (Wildman–Crippen LogP) is 2.44. The number of hydrogen-bond acceptors (Lipinski definition) is 2. The zero-order valence-corrected chi connectivity index (χ0v) is 11.1. The highest BCUT2D eigenvalue weighted by Gasteiger charge is 2.26. The Morgan fingerprint density at radius 1 is 1.56 bits per heavy atom. The summed E-state index contributed by atoms with van der Waals surface area (Å²) in [4.78, 5) is 13.6. The third-order valence-electron chi connectivity index (χ3n) is 2.93. The normalized spacial score (nSPS) is 19.7. The van der Waals surface area contributed by atoms with Crippen LogP contribution in [0.3, 0.4) is 0 Å². The van der Waals surface area contributed by atoms with Crippen LogP contribution in [0.5, 0.6) is 0 Å². The molecule has 1 unspecified atom stereocenters. The molecule has 0 radical (unpaired) electrons. The van der Waals surface area contributed by atoms with Crippen molar-refractivity contribution < 1.29 is 9.53 Å². The highest BCUT2D eigenvalue weighted by atomic mass is 35.5. The molecule has 1 aliphatic rings. The third-order valence-corrected chi connectivity index (χ3v) is 3.28. The lowest BCUT2D eigenvalue weighted by molar-refractivity contribution is -0.0153. The summed E-state index contributed by atoms with van der Waals surface area (Å²) in [6.07, 6.45) is -0.143. The first-order valence-electron chi connectivity index (χ1n) is 6.11. The zero-order valence-electron chi connectivity index (χ0n) is 10.4. The van der Waals surface area contributed by atoms with Gasteiger partial charge >= 0.3 is 6.03 Å². The molecule has 5 heteroatoms. The van der Waals surface area contributed by atoms with Crippen molar-refractivity contribution in [3.8, 4) is 0 Å². The summed E-state index contributed by atoms with van der Waals surface area (Å²) >= 11 is 6.15. The van der Waals surface area contributed by atoms with Gasteiger partial charge in [-0.05, 0) is 13.0 Å². The van der Waals surface area contributed by atoms with Crippen LogP contribution in [0, 0.1) is 0 Å². The lowest BCUT2D eigenvalue weighted by Crippen LogP contribution is -2.47. The van der Waals surface area contributed by atoms with Crippen LogP contribution in [0.2, 0.25) is 5.02 Å². The van der Waals surface area contributed by atoms with E-state index in [0.29, 0.717) is 31.3 Å². The molecular weight excluding hydrogens is 252 g/mol. The number of rotatable bonds is 2. The molecule has 0 saturated carbocycles. The van der Waals surface area contributed by atoms with Crippen molar-refractivity contribution in [3.05, 3.63) is 34.9 Å². The molecular formula is C13H17ClN2O2. The van der Waals surface area contributed by atoms with Crippen molar-refractivity contribution in [3.63, 3.8) is 0 Å². The summed E-state index contributed by atoms with van der Waals surface area (Å²) in [5.41, 5.74) is 0.938. The average molecular weight is 269 g/mol. The maximum atomic E-state index is 11.8. The molecule has 2 rings (SSSR count). The Morgan fingerprint density at radius 2 is 2.33 bits per heavy atom. The van der Waals surface area contributed by atoms with E-state index in [-0.39, 0.29) is 12.1 Å². The molecule has 1 heterocycles. The predicted molar refractivity (Wildman–Crippen MR) is 70.8 cm³/mol. The molecule has 0 aromatic heterocycles. The van der Waals surface area contributed by atoms with E-state index < -0.39 is 0 Å². The molecule has 4 nitrogen and oxygen atoms in total. The monoisotopic (exact) mass is 268 g/mol. The van der Waals surface area contributed by atoms with Crippen LogP contribution in [0.25, 0.3) is 0 Å². The van der Waals surface area contributed by atoms with Crippen molar-refractivity contribution >= 4 is 17.6 Å². The van der Waals surface area contributed by atoms with E-state index in [1.54, 1.807) is 4.90 Å². The number of urea groups is 1. The number of nitrogens with one attached hydrogen (secondary N) is 1. The molecule has 0 aliphatic carbocycles. The van der Waals surface area contributed by atoms with Gasteiger partial charge in [0.05, 0.1) is 13.2 Å². The van der Waals surface area contributed by atoms with Crippen LogP contribution >= 0.6 is 11.6 Å². The largest absolute Gasteiger partial charge is 0.370 e. The van der Waals surface area contributed by atoms with Gasteiger partial charge in [0, 0.05) is 23.7 Å². The SMILES string of the molecule is CCNC(=O)N1CCOC(c2ccccc2Cl)C1. The molecule has 1 atom stereocenters. The van der Waals surface area contributed by atoms with Crippen molar-refractivity contribution in [2.24, 2.45) is 0 Å². The van der Waals surface area contributed by atoms with E-state index in [2.05, 4.69) is 5.32 Å². The number of morpholine rings is 1. The average Bonchev–Trinajstić information content (AvgIpc) is 2.40. The Hall–Kier alpha value is -1.26. The molecule has 1 aromatic carbocycles. The molecule has 1 aromatic rings. The quantitative estimate of drug-likeness (QED) is 0.895. The first-order chi connectivity index (χ1) is 8.72. The van der Waals surface area contributed by atoms with E-state index in [0.717, 1.165) is 5.56 Å². The molecule has 18 heavy (non-hydrogen) atoms. The van der Waals surface area contributed by atoms with E-state index in [4.69, 9.17) is 16.3 Å². The Labute approximate surface area is 112 Å². The van der Waals surface area contributed by atoms with E-state index in [9.17, 15) is 4.79 Å². The summed E-state index contributed by atoms with van der Waals surface area (Å²) in [5.74, 6) is 0. The van der Waals surface area contributed by atoms with Crippen molar-refractivity contribution in [2.75, 3.05) is 26.2 Å². The second kappa shape index (κ2) is 6.07. The van der Waals surface area contributed by atoms with Crippen LogP contribution in [0.15, 0.2) is 24.3 Å². The highest BCUT2D eigenvalue weighted by molar-refractivity contribution is 6.31. The fourth-order valence-corrected chi connectivity index (χ4v) is 2.28. The van der Waals surface area contributed by atoms with Gasteiger partial charge in [0.2, 0.25) is 0 Å². The Bertz CT molecular complexity index is 425. The standard InChI is InChI=1S/C13H17ClN2O2/c1-2-15-13(17)16-7-8-18-12(9-16)10-5-3-4-6-11(10)14/h3-6,12H,2,7-9H2,1H3,(H,15,17). The minimum absolute atomic E-state index is 0.0437. The highest BCUT2D eigenvalue weighted by Crippen LogP contribution is 2.28. The number of carbonyl (C=O) groups is 1. The Morgan fingerprint density at radius 3 is 3.06 bits per heavy atom. The number of ether oxygens (including phenoxy) is 1. The molecule has 1 saturated heterocycles. The molecule has 0 spiro atoms. The van der Waals surface area contributed by atoms with Gasteiger partial charge in [0.1, 0.15) is 6.10 Å². The summed E-state index contributed by atoms with van der Waals surface area (Å²) in [6.45, 7) is 4.23. The maximum Gasteiger partial charge on any atom is 0.317 e. The summed E-state index contributed by atoms with van der Waals surface area (Å²) in [5, 5.41) is 3.48. The maximum absolute atomic E-state index is 11.8. The topological polar surface area (TPSA) is 41.6 Å². The van der Waals surface area contributed by atoms with E-state index >= 15 is 0 Å². The summed E-state index contributed by atoms with van der Waals surface area (Å²) in [6, 6.07) is 7.55. The van der Waals surface area contributed by atoms with Crippen LogP contribution < -0.4 is 5.32 Å². The van der Waals surface area contributed by atoms with Crippen molar-refractivity contribution in [1.29, 1.82) is 0 Å². The number of nitrogens with zero attached hydrogens (tertiary/aromatic N) is 1.